The van der Waals surface area contributed by atoms with Crippen LogP contribution in [0.25, 0.3) is 5.69 Å². The maximum Gasteiger partial charge on any atom is 0.416 e. The van der Waals surface area contributed by atoms with Crippen LogP contribution in [0, 0.1) is 0 Å². The van der Waals surface area contributed by atoms with E-state index in [4.69, 9.17) is 0 Å². The van der Waals surface area contributed by atoms with Crippen molar-refractivity contribution in [1.82, 2.24) is 30.4 Å². The van der Waals surface area contributed by atoms with Gasteiger partial charge in [-0.3, -0.25) is 0 Å². The fourth-order valence-electron chi connectivity index (χ4n) is 2.50. The van der Waals surface area contributed by atoms with Crippen molar-refractivity contribution >= 4 is 39.6 Å². The molecule has 1 aromatic carbocycles. The SMILES string of the molecule is FC(F)(F)c1ccc(-n2nnnc2CSc2nnc(NCCc3cccs3)s2)cc1. The van der Waals surface area contributed by atoms with Crippen molar-refractivity contribution in [3.8, 4) is 5.69 Å². The Morgan fingerprint density at radius 3 is 2.63 bits per heavy atom. The third kappa shape index (κ3) is 5.15. The number of tetrazole rings is 1. The molecule has 0 saturated carbocycles. The third-order valence-electron chi connectivity index (χ3n) is 3.93. The molecule has 4 aromatic rings. The first-order valence-electron chi connectivity index (χ1n) is 8.66. The molecule has 0 fully saturated rings. The van der Waals surface area contributed by atoms with Gasteiger partial charge >= 0.3 is 6.18 Å². The third-order valence-corrected chi connectivity index (χ3v) is 6.88. The number of hydrogen-bond donors (Lipinski definition) is 1. The second kappa shape index (κ2) is 9.10. The van der Waals surface area contributed by atoms with Gasteiger partial charge in [-0.1, -0.05) is 29.2 Å². The van der Waals surface area contributed by atoms with Gasteiger partial charge in [0.15, 0.2) is 10.2 Å². The average molecular weight is 470 g/mol. The highest BCUT2D eigenvalue weighted by Gasteiger charge is 2.30. The molecule has 1 N–H and O–H groups in total. The molecule has 0 saturated heterocycles. The first-order chi connectivity index (χ1) is 14.5. The summed E-state index contributed by atoms with van der Waals surface area (Å²) in [5, 5.41) is 25.8. The van der Waals surface area contributed by atoms with E-state index >= 15 is 0 Å². The quantitative estimate of drug-likeness (QED) is 0.380. The highest BCUT2D eigenvalue weighted by molar-refractivity contribution is 8.00. The van der Waals surface area contributed by atoms with Gasteiger partial charge in [-0.15, -0.1) is 26.6 Å². The zero-order valence-electron chi connectivity index (χ0n) is 15.2. The molecule has 30 heavy (non-hydrogen) atoms. The van der Waals surface area contributed by atoms with Crippen LogP contribution in [0.3, 0.4) is 0 Å². The first kappa shape index (κ1) is 20.8. The number of thiophene rings is 1. The van der Waals surface area contributed by atoms with Gasteiger partial charge in [0.1, 0.15) is 0 Å². The Bertz CT molecular complexity index is 1070. The molecule has 0 spiro atoms. The fraction of sp³-hybridized carbons (Fsp3) is 0.235. The number of benzene rings is 1. The molecule has 0 aliphatic carbocycles. The van der Waals surface area contributed by atoms with Crippen LogP contribution in [0.1, 0.15) is 16.3 Å². The lowest BCUT2D eigenvalue weighted by Crippen LogP contribution is -2.06. The van der Waals surface area contributed by atoms with E-state index < -0.39 is 11.7 Å². The molecule has 0 radical (unpaired) electrons. The van der Waals surface area contributed by atoms with E-state index in [1.807, 2.05) is 11.4 Å². The number of hydrogen-bond acceptors (Lipinski definition) is 9. The number of thioether (sulfide) groups is 1. The molecule has 7 nitrogen and oxygen atoms in total. The van der Waals surface area contributed by atoms with Gasteiger partial charge in [-0.25, -0.2) is 0 Å². The predicted molar refractivity (Wildman–Crippen MR) is 110 cm³/mol. The summed E-state index contributed by atoms with van der Waals surface area (Å²) in [6.07, 6.45) is -3.47. The lowest BCUT2D eigenvalue weighted by Gasteiger charge is -2.08. The topological polar surface area (TPSA) is 81.4 Å². The standard InChI is InChI=1S/C17H14F3N7S3/c18-17(19,20)11-3-5-12(6-4-11)27-14(22-25-26-27)10-29-16-24-23-15(30-16)21-8-7-13-2-1-9-28-13/h1-6,9H,7-8,10H2,(H,21,23). The number of nitrogens with zero attached hydrogens (tertiary/aromatic N) is 6. The maximum atomic E-state index is 12.7. The van der Waals surface area contributed by atoms with Gasteiger partial charge in [0.2, 0.25) is 5.13 Å². The Morgan fingerprint density at radius 2 is 1.90 bits per heavy atom. The van der Waals surface area contributed by atoms with Crippen LogP contribution in [0.2, 0.25) is 0 Å². The lowest BCUT2D eigenvalue weighted by atomic mass is 10.2. The molecule has 3 aromatic heterocycles. The van der Waals surface area contributed by atoms with Crippen LogP contribution in [-0.2, 0) is 18.3 Å². The van der Waals surface area contributed by atoms with Gasteiger partial charge in [0.25, 0.3) is 0 Å². The van der Waals surface area contributed by atoms with Crippen molar-refractivity contribution in [3.63, 3.8) is 0 Å². The molecule has 0 atom stereocenters. The summed E-state index contributed by atoms with van der Waals surface area (Å²) in [6, 6.07) is 8.81. The minimum Gasteiger partial charge on any atom is -0.360 e. The van der Waals surface area contributed by atoms with Crippen molar-refractivity contribution in [2.24, 2.45) is 0 Å². The van der Waals surface area contributed by atoms with Crippen LogP contribution in [0.4, 0.5) is 18.3 Å². The number of alkyl halides is 3. The summed E-state index contributed by atoms with van der Waals surface area (Å²) in [6.45, 7) is 0.770. The second-order valence-electron chi connectivity index (χ2n) is 5.97. The Kier molecular flexibility index (Phi) is 6.29. The molecule has 156 valence electrons. The van der Waals surface area contributed by atoms with Crippen LogP contribution in [0.5, 0.6) is 0 Å². The molecular formula is C17H14F3N7S3. The monoisotopic (exact) mass is 469 g/mol. The van der Waals surface area contributed by atoms with Crippen LogP contribution >= 0.6 is 34.4 Å². The van der Waals surface area contributed by atoms with Gasteiger partial charge < -0.3 is 5.32 Å². The van der Waals surface area contributed by atoms with Crippen molar-refractivity contribution in [1.29, 1.82) is 0 Å². The number of rotatable bonds is 8. The average Bonchev–Trinajstić information content (AvgIpc) is 3.48. The van der Waals surface area contributed by atoms with Crippen molar-refractivity contribution < 1.29 is 13.2 Å². The van der Waals surface area contributed by atoms with Gasteiger partial charge in [-0.2, -0.15) is 17.9 Å². The summed E-state index contributed by atoms with van der Waals surface area (Å²) in [5.41, 5.74) is -0.264. The normalized spacial score (nSPS) is 11.7. The number of nitrogens with one attached hydrogen (secondary N) is 1. The number of anilines is 1. The van der Waals surface area contributed by atoms with Crippen molar-refractivity contribution in [2.75, 3.05) is 11.9 Å². The largest absolute Gasteiger partial charge is 0.416 e. The van der Waals surface area contributed by atoms with Crippen LogP contribution in [-0.4, -0.2) is 36.9 Å². The Balaban J connectivity index is 1.34. The van der Waals surface area contributed by atoms with E-state index in [1.165, 1.54) is 44.8 Å². The Labute approximate surface area is 181 Å². The van der Waals surface area contributed by atoms with E-state index in [9.17, 15) is 13.2 Å². The fourth-order valence-corrected chi connectivity index (χ4v) is 4.89. The summed E-state index contributed by atoms with van der Waals surface area (Å²) in [7, 11) is 0. The molecular weight excluding hydrogens is 455 g/mol. The summed E-state index contributed by atoms with van der Waals surface area (Å²) in [5.74, 6) is 0.903. The van der Waals surface area contributed by atoms with Crippen molar-refractivity contribution in [3.05, 3.63) is 58.0 Å². The van der Waals surface area contributed by atoms with Crippen LogP contribution < -0.4 is 5.32 Å². The molecule has 3 heterocycles. The Hall–Kier alpha value is -2.51. The first-order valence-corrected chi connectivity index (χ1v) is 11.3. The van der Waals surface area contributed by atoms with E-state index in [0.717, 1.165) is 34.6 Å². The zero-order valence-corrected chi connectivity index (χ0v) is 17.7. The predicted octanol–water partition coefficient (Wildman–Crippen LogP) is 4.54. The minimum atomic E-state index is -4.38. The van der Waals surface area contributed by atoms with Crippen LogP contribution in [0.15, 0.2) is 46.1 Å². The molecule has 0 aliphatic rings. The molecule has 0 bridgehead atoms. The molecule has 13 heteroatoms. The second-order valence-corrected chi connectivity index (χ2v) is 9.20. The van der Waals surface area contributed by atoms with Gasteiger partial charge in [0.05, 0.1) is 17.0 Å². The van der Waals surface area contributed by atoms with Crippen molar-refractivity contribution in [2.45, 2.75) is 22.7 Å². The molecule has 0 amide bonds. The van der Waals surface area contributed by atoms with Gasteiger partial charge in [-0.05, 0) is 52.6 Å². The lowest BCUT2D eigenvalue weighted by molar-refractivity contribution is -0.137. The highest BCUT2D eigenvalue weighted by Crippen LogP contribution is 2.30. The van der Waals surface area contributed by atoms with E-state index in [-0.39, 0.29) is 0 Å². The smallest absolute Gasteiger partial charge is 0.360 e. The van der Waals surface area contributed by atoms with E-state index in [2.05, 4.69) is 37.1 Å². The minimum absolute atomic E-state index is 0.401. The van der Waals surface area contributed by atoms with E-state index in [1.54, 1.807) is 11.3 Å². The summed E-state index contributed by atoms with van der Waals surface area (Å²) in [4.78, 5) is 1.30. The molecule has 4 rings (SSSR count). The number of aromatic nitrogens is 6. The summed E-state index contributed by atoms with van der Waals surface area (Å²) >= 11 is 4.56. The molecule has 0 unspecified atom stereocenters. The number of halogens is 3. The molecule has 0 aliphatic heterocycles. The Morgan fingerprint density at radius 1 is 1.07 bits per heavy atom. The van der Waals surface area contributed by atoms with Gasteiger partial charge in [0, 0.05) is 11.4 Å². The zero-order chi connectivity index (χ0) is 21.0. The highest BCUT2D eigenvalue weighted by atomic mass is 32.2. The maximum absolute atomic E-state index is 12.7. The summed E-state index contributed by atoms with van der Waals surface area (Å²) < 4.78 is 40.4. The van der Waals surface area contributed by atoms with E-state index in [0.29, 0.717) is 17.3 Å².